The van der Waals surface area contributed by atoms with Gasteiger partial charge in [0.2, 0.25) is 11.7 Å². The van der Waals surface area contributed by atoms with Gasteiger partial charge >= 0.3 is 5.76 Å². The monoisotopic (exact) mass is 352 g/mol. The van der Waals surface area contributed by atoms with E-state index in [1.165, 1.54) is 28.8 Å². The van der Waals surface area contributed by atoms with Crippen LogP contribution < -0.4 is 5.76 Å². The number of aryl methyl sites for hydroxylation is 1. The van der Waals surface area contributed by atoms with Crippen LogP contribution in [0, 0.1) is 12.7 Å². The minimum Gasteiger partial charge on any atom is -0.337 e. The standard InChI is InChI=1S/C18H13FN4O3/c1-11-2-4-12(5-3-11)16-20-15(25-21-16)10-23-17(22-26-18(23)24)13-6-8-14(19)9-7-13/h2-9H,10H2,1H3. The highest BCUT2D eigenvalue weighted by Crippen LogP contribution is 2.19. The Morgan fingerprint density at radius 2 is 1.65 bits per heavy atom. The molecular formula is C18H13FN4O3. The van der Waals surface area contributed by atoms with Gasteiger partial charge in [-0.1, -0.05) is 40.1 Å². The van der Waals surface area contributed by atoms with E-state index in [2.05, 4.69) is 15.3 Å². The molecule has 0 saturated heterocycles. The summed E-state index contributed by atoms with van der Waals surface area (Å²) in [5.74, 6) is -0.141. The molecule has 0 atom stereocenters. The summed E-state index contributed by atoms with van der Waals surface area (Å²) in [6.45, 7) is 1.98. The van der Waals surface area contributed by atoms with E-state index >= 15 is 0 Å². The average molecular weight is 352 g/mol. The van der Waals surface area contributed by atoms with Crippen molar-refractivity contribution in [2.24, 2.45) is 0 Å². The summed E-state index contributed by atoms with van der Waals surface area (Å²) >= 11 is 0. The van der Waals surface area contributed by atoms with Crippen molar-refractivity contribution < 1.29 is 13.4 Å². The Labute approximate surface area is 146 Å². The molecule has 0 aliphatic carbocycles. The van der Waals surface area contributed by atoms with Crippen molar-refractivity contribution in [3.63, 3.8) is 0 Å². The Kier molecular flexibility index (Phi) is 3.92. The second-order valence-electron chi connectivity index (χ2n) is 5.74. The fourth-order valence-corrected chi connectivity index (χ4v) is 2.49. The van der Waals surface area contributed by atoms with E-state index in [9.17, 15) is 9.18 Å². The highest BCUT2D eigenvalue weighted by molar-refractivity contribution is 5.55. The molecule has 0 bridgehead atoms. The molecule has 4 aromatic rings. The third-order valence-electron chi connectivity index (χ3n) is 3.86. The van der Waals surface area contributed by atoms with Crippen LogP contribution >= 0.6 is 0 Å². The molecule has 7 nitrogen and oxygen atoms in total. The van der Waals surface area contributed by atoms with Crippen LogP contribution in [0.4, 0.5) is 4.39 Å². The van der Waals surface area contributed by atoms with Crippen molar-refractivity contribution in [2.75, 3.05) is 0 Å². The summed E-state index contributed by atoms with van der Waals surface area (Å²) in [5, 5.41) is 7.69. The van der Waals surface area contributed by atoms with Crippen molar-refractivity contribution in [3.8, 4) is 22.8 Å². The van der Waals surface area contributed by atoms with Crippen LogP contribution in [0.3, 0.4) is 0 Å². The smallest absolute Gasteiger partial charge is 0.337 e. The Morgan fingerprint density at radius 1 is 0.962 bits per heavy atom. The molecule has 0 amide bonds. The topological polar surface area (TPSA) is 87.0 Å². The third-order valence-corrected chi connectivity index (χ3v) is 3.86. The lowest BCUT2D eigenvalue weighted by Crippen LogP contribution is -2.16. The van der Waals surface area contributed by atoms with E-state index in [1.807, 2.05) is 31.2 Å². The Bertz CT molecular complexity index is 1090. The predicted octanol–water partition coefficient (Wildman–Crippen LogP) is 3.05. The van der Waals surface area contributed by atoms with Crippen LogP contribution in [-0.2, 0) is 6.54 Å². The maximum absolute atomic E-state index is 13.1. The van der Waals surface area contributed by atoms with Crippen molar-refractivity contribution in [2.45, 2.75) is 13.5 Å². The van der Waals surface area contributed by atoms with Gasteiger partial charge in [-0.3, -0.25) is 4.52 Å². The van der Waals surface area contributed by atoms with E-state index in [0.717, 1.165) is 11.1 Å². The molecule has 2 aromatic heterocycles. The van der Waals surface area contributed by atoms with Crippen molar-refractivity contribution in [1.82, 2.24) is 19.9 Å². The zero-order chi connectivity index (χ0) is 18.1. The molecule has 0 radical (unpaired) electrons. The molecule has 0 aliphatic rings. The molecule has 0 spiro atoms. The highest BCUT2D eigenvalue weighted by Gasteiger charge is 2.17. The van der Waals surface area contributed by atoms with Gasteiger partial charge in [0.25, 0.3) is 0 Å². The number of hydrogen-bond donors (Lipinski definition) is 0. The second-order valence-corrected chi connectivity index (χ2v) is 5.74. The van der Waals surface area contributed by atoms with Gasteiger partial charge in [0.05, 0.1) is 0 Å². The molecule has 0 N–H and O–H groups in total. The SMILES string of the molecule is Cc1ccc(-c2noc(Cn3c(-c4ccc(F)cc4)noc3=O)n2)cc1. The summed E-state index contributed by atoms with van der Waals surface area (Å²) in [5.41, 5.74) is 2.47. The molecule has 4 rings (SSSR count). The quantitative estimate of drug-likeness (QED) is 0.561. The molecule has 0 unspecified atom stereocenters. The van der Waals surface area contributed by atoms with Gasteiger partial charge in [-0.05, 0) is 31.2 Å². The Morgan fingerprint density at radius 3 is 2.38 bits per heavy atom. The van der Waals surface area contributed by atoms with Gasteiger partial charge in [0.1, 0.15) is 12.4 Å². The predicted molar refractivity (Wildman–Crippen MR) is 89.7 cm³/mol. The fraction of sp³-hybridized carbons (Fsp3) is 0.111. The van der Waals surface area contributed by atoms with Gasteiger partial charge in [-0.2, -0.15) is 4.98 Å². The number of hydrogen-bond acceptors (Lipinski definition) is 6. The summed E-state index contributed by atoms with van der Waals surface area (Å²) in [7, 11) is 0. The van der Waals surface area contributed by atoms with E-state index in [0.29, 0.717) is 11.4 Å². The van der Waals surface area contributed by atoms with Crippen LogP contribution in [0.15, 0.2) is 62.4 Å². The lowest BCUT2D eigenvalue weighted by molar-refractivity contribution is 0.354. The summed E-state index contributed by atoms with van der Waals surface area (Å²) in [6, 6.07) is 13.2. The Hall–Kier alpha value is -3.55. The van der Waals surface area contributed by atoms with Crippen molar-refractivity contribution in [1.29, 1.82) is 0 Å². The van der Waals surface area contributed by atoms with Crippen LogP contribution in [0.2, 0.25) is 0 Å². The van der Waals surface area contributed by atoms with Crippen LogP contribution in [0.25, 0.3) is 22.8 Å². The molecule has 2 aromatic carbocycles. The van der Waals surface area contributed by atoms with Crippen LogP contribution in [-0.4, -0.2) is 19.9 Å². The minimum absolute atomic E-state index is 0.00605. The first-order valence-corrected chi connectivity index (χ1v) is 7.82. The Balaban J connectivity index is 1.64. The normalized spacial score (nSPS) is 11.0. The lowest BCUT2D eigenvalue weighted by Gasteiger charge is -2.01. The van der Waals surface area contributed by atoms with Gasteiger partial charge in [-0.25, -0.2) is 13.8 Å². The minimum atomic E-state index is -0.667. The maximum Gasteiger partial charge on any atom is 0.442 e. The zero-order valence-corrected chi connectivity index (χ0v) is 13.7. The molecule has 0 fully saturated rings. The fourth-order valence-electron chi connectivity index (χ4n) is 2.49. The molecule has 0 aliphatic heterocycles. The van der Waals surface area contributed by atoms with Crippen molar-refractivity contribution >= 4 is 0 Å². The molecular weight excluding hydrogens is 339 g/mol. The first-order valence-electron chi connectivity index (χ1n) is 7.82. The number of nitrogens with zero attached hydrogens (tertiary/aromatic N) is 4. The first-order chi connectivity index (χ1) is 12.6. The first kappa shape index (κ1) is 15.9. The van der Waals surface area contributed by atoms with Gasteiger partial charge in [0, 0.05) is 11.1 Å². The number of benzene rings is 2. The second kappa shape index (κ2) is 6.40. The van der Waals surface area contributed by atoms with Gasteiger partial charge in [-0.15, -0.1) is 0 Å². The van der Waals surface area contributed by atoms with Crippen LogP contribution in [0.1, 0.15) is 11.5 Å². The molecule has 0 saturated carbocycles. The summed E-state index contributed by atoms with van der Waals surface area (Å²) in [6.07, 6.45) is 0. The number of aromatic nitrogens is 4. The largest absolute Gasteiger partial charge is 0.442 e. The molecule has 26 heavy (non-hydrogen) atoms. The van der Waals surface area contributed by atoms with Crippen molar-refractivity contribution in [3.05, 3.63) is 76.4 Å². The number of halogens is 1. The average Bonchev–Trinajstić information content (AvgIpc) is 3.25. The van der Waals surface area contributed by atoms with E-state index in [1.54, 1.807) is 0 Å². The molecule has 130 valence electrons. The van der Waals surface area contributed by atoms with Crippen LogP contribution in [0.5, 0.6) is 0 Å². The highest BCUT2D eigenvalue weighted by atomic mass is 19.1. The maximum atomic E-state index is 13.1. The lowest BCUT2D eigenvalue weighted by atomic mass is 10.1. The van der Waals surface area contributed by atoms with Gasteiger partial charge < -0.3 is 4.52 Å². The molecule has 2 heterocycles. The van der Waals surface area contributed by atoms with E-state index < -0.39 is 5.76 Å². The van der Waals surface area contributed by atoms with E-state index in [4.69, 9.17) is 9.05 Å². The third kappa shape index (κ3) is 3.04. The number of rotatable bonds is 4. The van der Waals surface area contributed by atoms with Gasteiger partial charge in [0.15, 0.2) is 5.82 Å². The van der Waals surface area contributed by atoms with E-state index in [-0.39, 0.29) is 24.1 Å². The molecule has 8 heteroatoms. The summed E-state index contributed by atoms with van der Waals surface area (Å²) in [4.78, 5) is 16.3. The summed E-state index contributed by atoms with van der Waals surface area (Å²) < 4.78 is 24.3. The zero-order valence-electron chi connectivity index (χ0n) is 13.7.